The van der Waals surface area contributed by atoms with E-state index in [2.05, 4.69) is 32.2 Å². The van der Waals surface area contributed by atoms with Gasteiger partial charge in [0.15, 0.2) is 0 Å². The molecule has 0 unspecified atom stereocenters. The number of hydrogen-bond acceptors (Lipinski definition) is 1. The second-order valence-corrected chi connectivity index (χ2v) is 5.28. The van der Waals surface area contributed by atoms with E-state index in [0.29, 0.717) is 6.04 Å². The van der Waals surface area contributed by atoms with Gasteiger partial charge in [0.1, 0.15) is 5.82 Å². The zero-order valence-corrected chi connectivity index (χ0v) is 12.0. The minimum atomic E-state index is -0.344. The normalized spacial score (nSPS) is 12.2. The van der Waals surface area contributed by atoms with Crippen LogP contribution in [0.2, 0.25) is 5.02 Å². The molecule has 1 rings (SSSR count). The number of halogens is 2. The quantitative estimate of drug-likeness (QED) is 0.598. The lowest BCUT2D eigenvalue weighted by Crippen LogP contribution is -2.23. The van der Waals surface area contributed by atoms with Crippen molar-refractivity contribution >= 4 is 11.6 Å². The SMILES string of the molecule is C/C(=C/CCNC(C)C)Cc1ccc(Cl)c(F)c1. The molecule has 100 valence electrons. The highest BCUT2D eigenvalue weighted by Gasteiger charge is 2.01. The molecule has 0 aromatic heterocycles. The van der Waals surface area contributed by atoms with E-state index in [1.165, 1.54) is 11.6 Å². The van der Waals surface area contributed by atoms with Crippen LogP contribution in [0.3, 0.4) is 0 Å². The molecule has 0 fully saturated rings. The molecule has 0 aliphatic rings. The highest BCUT2D eigenvalue weighted by atomic mass is 35.5. The van der Waals surface area contributed by atoms with Crippen LogP contribution < -0.4 is 5.32 Å². The van der Waals surface area contributed by atoms with Crippen LogP contribution >= 0.6 is 11.6 Å². The summed E-state index contributed by atoms with van der Waals surface area (Å²) in [7, 11) is 0. The van der Waals surface area contributed by atoms with E-state index in [1.54, 1.807) is 6.07 Å². The van der Waals surface area contributed by atoms with E-state index >= 15 is 0 Å². The van der Waals surface area contributed by atoms with Gasteiger partial charge in [0.2, 0.25) is 0 Å². The Bertz CT molecular complexity index is 413. The van der Waals surface area contributed by atoms with Gasteiger partial charge < -0.3 is 5.32 Å². The Hall–Kier alpha value is -0.860. The van der Waals surface area contributed by atoms with E-state index in [-0.39, 0.29) is 10.8 Å². The van der Waals surface area contributed by atoms with E-state index in [9.17, 15) is 4.39 Å². The molecule has 1 aromatic rings. The highest BCUT2D eigenvalue weighted by Crippen LogP contribution is 2.17. The van der Waals surface area contributed by atoms with Gasteiger partial charge in [-0.25, -0.2) is 4.39 Å². The van der Waals surface area contributed by atoms with Crippen molar-refractivity contribution in [2.75, 3.05) is 6.54 Å². The summed E-state index contributed by atoms with van der Waals surface area (Å²) >= 11 is 5.65. The van der Waals surface area contributed by atoms with Crippen LogP contribution in [0, 0.1) is 5.82 Å². The summed E-state index contributed by atoms with van der Waals surface area (Å²) in [6.07, 6.45) is 3.97. The summed E-state index contributed by atoms with van der Waals surface area (Å²) in [5.41, 5.74) is 2.21. The standard InChI is InChI=1S/C15H21ClFN/c1-11(2)18-8-4-5-12(3)9-13-6-7-14(16)15(17)10-13/h5-7,10-11,18H,4,8-9H2,1-3H3/b12-5-. The fourth-order valence-corrected chi connectivity index (χ4v) is 1.85. The van der Waals surface area contributed by atoms with Crippen LogP contribution in [0.4, 0.5) is 4.39 Å². The average molecular weight is 270 g/mol. The third-order valence-corrected chi connectivity index (χ3v) is 2.96. The zero-order valence-electron chi connectivity index (χ0n) is 11.3. The molecule has 0 radical (unpaired) electrons. The fourth-order valence-electron chi connectivity index (χ4n) is 1.73. The Kier molecular flexibility index (Phi) is 6.37. The summed E-state index contributed by atoms with van der Waals surface area (Å²) in [4.78, 5) is 0. The number of benzene rings is 1. The first-order valence-corrected chi connectivity index (χ1v) is 6.69. The predicted molar refractivity (Wildman–Crippen MR) is 76.6 cm³/mol. The molecule has 0 atom stereocenters. The second kappa shape index (κ2) is 7.55. The lowest BCUT2D eigenvalue weighted by Gasteiger charge is -2.07. The number of rotatable bonds is 6. The minimum absolute atomic E-state index is 0.182. The molecule has 0 heterocycles. The second-order valence-electron chi connectivity index (χ2n) is 4.87. The average Bonchev–Trinajstić information content (AvgIpc) is 2.29. The van der Waals surface area contributed by atoms with Gasteiger partial charge in [0.25, 0.3) is 0 Å². The molecule has 0 aliphatic carbocycles. The molecule has 18 heavy (non-hydrogen) atoms. The van der Waals surface area contributed by atoms with Crippen molar-refractivity contribution in [1.29, 1.82) is 0 Å². The van der Waals surface area contributed by atoms with Crippen molar-refractivity contribution in [2.45, 2.75) is 39.7 Å². The molecule has 0 spiro atoms. The fraction of sp³-hybridized carbons (Fsp3) is 0.467. The Morgan fingerprint density at radius 1 is 1.44 bits per heavy atom. The molecule has 1 nitrogen and oxygen atoms in total. The van der Waals surface area contributed by atoms with Gasteiger partial charge >= 0.3 is 0 Å². The van der Waals surface area contributed by atoms with Crippen molar-refractivity contribution in [1.82, 2.24) is 5.32 Å². The van der Waals surface area contributed by atoms with E-state index < -0.39 is 0 Å². The molecule has 3 heteroatoms. The Labute approximate surface area is 114 Å². The number of hydrogen-bond donors (Lipinski definition) is 1. The van der Waals surface area contributed by atoms with Gasteiger partial charge in [-0.05, 0) is 44.0 Å². The monoisotopic (exact) mass is 269 g/mol. The van der Waals surface area contributed by atoms with Gasteiger partial charge in [-0.1, -0.05) is 43.2 Å². The van der Waals surface area contributed by atoms with Crippen molar-refractivity contribution in [3.63, 3.8) is 0 Å². The molecule has 1 N–H and O–H groups in total. The predicted octanol–water partition coefficient (Wildman–Crippen LogP) is 4.36. The topological polar surface area (TPSA) is 12.0 Å². The van der Waals surface area contributed by atoms with Gasteiger partial charge in [0.05, 0.1) is 5.02 Å². The Morgan fingerprint density at radius 3 is 2.78 bits per heavy atom. The van der Waals surface area contributed by atoms with Crippen LogP contribution in [-0.4, -0.2) is 12.6 Å². The molecule has 1 aromatic carbocycles. The highest BCUT2D eigenvalue weighted by molar-refractivity contribution is 6.30. The van der Waals surface area contributed by atoms with Crippen LogP contribution in [0.5, 0.6) is 0 Å². The summed E-state index contributed by atoms with van der Waals surface area (Å²) in [6.45, 7) is 7.31. The molecule has 0 bridgehead atoms. The first-order chi connectivity index (χ1) is 8.49. The summed E-state index contributed by atoms with van der Waals surface area (Å²) in [6, 6.07) is 5.50. The number of nitrogens with one attached hydrogen (secondary N) is 1. The smallest absolute Gasteiger partial charge is 0.142 e. The van der Waals surface area contributed by atoms with Crippen molar-refractivity contribution in [2.24, 2.45) is 0 Å². The lowest BCUT2D eigenvalue weighted by molar-refractivity contribution is 0.594. The molecular formula is C15H21ClFN. The van der Waals surface area contributed by atoms with E-state index in [4.69, 9.17) is 11.6 Å². The Balaban J connectivity index is 2.45. The summed E-state index contributed by atoms with van der Waals surface area (Å²) in [5.74, 6) is -0.344. The number of allylic oxidation sites excluding steroid dienone is 1. The molecule has 0 saturated carbocycles. The maximum Gasteiger partial charge on any atom is 0.142 e. The summed E-state index contributed by atoms with van der Waals surface area (Å²) in [5, 5.41) is 3.54. The van der Waals surface area contributed by atoms with Crippen LogP contribution in [0.25, 0.3) is 0 Å². The minimum Gasteiger partial charge on any atom is -0.314 e. The van der Waals surface area contributed by atoms with Crippen molar-refractivity contribution in [3.8, 4) is 0 Å². The van der Waals surface area contributed by atoms with Crippen molar-refractivity contribution in [3.05, 3.63) is 46.3 Å². The zero-order chi connectivity index (χ0) is 13.5. The van der Waals surface area contributed by atoms with Gasteiger partial charge in [-0.15, -0.1) is 0 Å². The molecule has 0 amide bonds. The van der Waals surface area contributed by atoms with Crippen LogP contribution in [-0.2, 0) is 6.42 Å². The van der Waals surface area contributed by atoms with Gasteiger partial charge in [-0.2, -0.15) is 0 Å². The lowest BCUT2D eigenvalue weighted by atomic mass is 10.1. The first kappa shape index (κ1) is 15.2. The van der Waals surface area contributed by atoms with Crippen LogP contribution in [0.15, 0.2) is 29.8 Å². The Morgan fingerprint density at radius 2 is 2.17 bits per heavy atom. The van der Waals surface area contributed by atoms with Crippen LogP contribution in [0.1, 0.15) is 32.8 Å². The molecular weight excluding hydrogens is 249 g/mol. The third-order valence-electron chi connectivity index (χ3n) is 2.66. The van der Waals surface area contributed by atoms with Gasteiger partial charge in [0, 0.05) is 6.04 Å². The largest absolute Gasteiger partial charge is 0.314 e. The maximum absolute atomic E-state index is 13.3. The maximum atomic E-state index is 13.3. The summed E-state index contributed by atoms with van der Waals surface area (Å²) < 4.78 is 13.3. The third kappa shape index (κ3) is 5.65. The van der Waals surface area contributed by atoms with Crippen molar-refractivity contribution < 1.29 is 4.39 Å². The van der Waals surface area contributed by atoms with Gasteiger partial charge in [-0.3, -0.25) is 0 Å². The molecule has 0 aliphatic heterocycles. The molecule has 0 saturated heterocycles. The first-order valence-electron chi connectivity index (χ1n) is 6.32. The van der Waals surface area contributed by atoms with E-state index in [1.807, 2.05) is 6.07 Å². The van der Waals surface area contributed by atoms with E-state index in [0.717, 1.165) is 24.9 Å².